The average molecular weight is 289 g/mol. The fourth-order valence-electron chi connectivity index (χ4n) is 3.43. The van der Waals surface area contributed by atoms with E-state index in [0.717, 1.165) is 31.7 Å². The number of nitrogens with one attached hydrogen (secondary N) is 1. The van der Waals surface area contributed by atoms with E-state index in [2.05, 4.69) is 63.0 Å². The van der Waals surface area contributed by atoms with Crippen molar-refractivity contribution in [2.45, 2.75) is 71.5 Å². The van der Waals surface area contributed by atoms with E-state index in [1.165, 1.54) is 18.5 Å². The van der Waals surface area contributed by atoms with Crippen LogP contribution in [0.25, 0.3) is 0 Å². The van der Waals surface area contributed by atoms with Gasteiger partial charge < -0.3 is 5.32 Å². The highest BCUT2D eigenvalue weighted by atomic mass is 15.3. The zero-order valence-corrected chi connectivity index (χ0v) is 14.4. The topological polar surface area (TPSA) is 28.2 Å². The summed E-state index contributed by atoms with van der Waals surface area (Å²) < 4.78 is 0. The maximum Gasteiger partial charge on any atom is 0.0547 e. The van der Waals surface area contributed by atoms with Gasteiger partial charge in [-0.25, -0.2) is 0 Å². The summed E-state index contributed by atoms with van der Waals surface area (Å²) in [5, 5.41) is 3.80. The van der Waals surface area contributed by atoms with Gasteiger partial charge in [-0.3, -0.25) is 9.88 Å². The largest absolute Gasteiger partial charge is 0.308 e. The second-order valence-electron chi connectivity index (χ2n) is 6.83. The molecule has 1 atom stereocenters. The van der Waals surface area contributed by atoms with Crippen LogP contribution in [0.4, 0.5) is 0 Å². The van der Waals surface area contributed by atoms with Gasteiger partial charge >= 0.3 is 0 Å². The van der Waals surface area contributed by atoms with Crippen molar-refractivity contribution in [3.8, 4) is 0 Å². The number of aromatic nitrogens is 1. The van der Waals surface area contributed by atoms with E-state index in [0.29, 0.717) is 0 Å². The lowest BCUT2D eigenvalue weighted by Crippen LogP contribution is -2.68. The van der Waals surface area contributed by atoms with Crippen LogP contribution in [-0.4, -0.2) is 34.1 Å². The summed E-state index contributed by atoms with van der Waals surface area (Å²) in [4.78, 5) is 7.39. The van der Waals surface area contributed by atoms with Gasteiger partial charge in [0.2, 0.25) is 0 Å². The van der Waals surface area contributed by atoms with Crippen LogP contribution in [0.2, 0.25) is 0 Å². The standard InChI is InChI=1S/C18H31N3/c1-6-17(5)14-21(18(7-2,8-3)13-19-17)12-16-11-9-10-15(4)20-16/h9-11,19H,6-8,12-14H2,1-5H3. The first-order valence-electron chi connectivity index (χ1n) is 8.39. The zero-order chi connectivity index (χ0) is 15.5. The molecule has 0 amide bonds. The van der Waals surface area contributed by atoms with Crippen molar-refractivity contribution >= 4 is 0 Å². The third-order valence-corrected chi connectivity index (χ3v) is 5.45. The molecule has 3 heteroatoms. The second kappa shape index (κ2) is 6.45. The van der Waals surface area contributed by atoms with Gasteiger partial charge in [-0.15, -0.1) is 0 Å². The minimum Gasteiger partial charge on any atom is -0.308 e. The minimum absolute atomic E-state index is 0.220. The summed E-state index contributed by atoms with van der Waals surface area (Å²) in [6.07, 6.45) is 3.53. The molecule has 0 aliphatic carbocycles. The number of piperazine rings is 1. The highest BCUT2D eigenvalue weighted by Gasteiger charge is 2.42. The van der Waals surface area contributed by atoms with E-state index in [1.54, 1.807) is 0 Å². The Morgan fingerprint density at radius 3 is 2.48 bits per heavy atom. The lowest BCUT2D eigenvalue weighted by Gasteiger charge is -2.53. The Hall–Kier alpha value is -0.930. The van der Waals surface area contributed by atoms with Crippen molar-refractivity contribution in [1.82, 2.24) is 15.2 Å². The van der Waals surface area contributed by atoms with E-state index >= 15 is 0 Å². The Bertz CT molecular complexity index is 467. The summed E-state index contributed by atoms with van der Waals surface area (Å²) in [6, 6.07) is 6.36. The highest BCUT2D eigenvalue weighted by Crippen LogP contribution is 2.32. The van der Waals surface area contributed by atoms with Gasteiger partial charge in [0.1, 0.15) is 0 Å². The number of nitrogens with zero attached hydrogens (tertiary/aromatic N) is 2. The van der Waals surface area contributed by atoms with E-state index in [4.69, 9.17) is 4.98 Å². The van der Waals surface area contributed by atoms with E-state index in [1.807, 2.05) is 0 Å². The van der Waals surface area contributed by atoms with Crippen molar-refractivity contribution in [3.63, 3.8) is 0 Å². The van der Waals surface area contributed by atoms with Crippen LogP contribution in [0.1, 0.15) is 58.3 Å². The third-order valence-electron chi connectivity index (χ3n) is 5.45. The molecular weight excluding hydrogens is 258 g/mol. The Balaban J connectivity index is 2.25. The summed E-state index contributed by atoms with van der Waals surface area (Å²) in [5.41, 5.74) is 2.79. The van der Waals surface area contributed by atoms with Crippen molar-refractivity contribution in [2.24, 2.45) is 0 Å². The third kappa shape index (κ3) is 3.46. The molecule has 1 aromatic rings. The molecule has 1 aliphatic heterocycles. The van der Waals surface area contributed by atoms with Gasteiger partial charge in [-0.1, -0.05) is 26.8 Å². The number of hydrogen-bond donors (Lipinski definition) is 1. The van der Waals surface area contributed by atoms with Crippen LogP contribution in [0.5, 0.6) is 0 Å². The van der Waals surface area contributed by atoms with Crippen LogP contribution < -0.4 is 5.32 Å². The molecule has 0 bridgehead atoms. The molecule has 0 aromatic carbocycles. The Morgan fingerprint density at radius 1 is 1.19 bits per heavy atom. The van der Waals surface area contributed by atoms with Crippen LogP contribution in [0.3, 0.4) is 0 Å². The van der Waals surface area contributed by atoms with Crippen molar-refractivity contribution < 1.29 is 0 Å². The Kier molecular flexibility index (Phi) is 5.05. The molecule has 118 valence electrons. The lowest BCUT2D eigenvalue weighted by atomic mass is 9.82. The predicted octanol–water partition coefficient (Wildman–Crippen LogP) is 3.52. The molecular formula is C18H31N3. The fourth-order valence-corrected chi connectivity index (χ4v) is 3.43. The fraction of sp³-hybridized carbons (Fsp3) is 0.722. The second-order valence-corrected chi connectivity index (χ2v) is 6.83. The van der Waals surface area contributed by atoms with Gasteiger partial charge in [0, 0.05) is 36.4 Å². The molecule has 0 radical (unpaired) electrons. The Morgan fingerprint density at radius 2 is 1.90 bits per heavy atom. The molecule has 2 rings (SSSR count). The van der Waals surface area contributed by atoms with Gasteiger partial charge in [0.15, 0.2) is 0 Å². The lowest BCUT2D eigenvalue weighted by molar-refractivity contribution is -0.00492. The van der Waals surface area contributed by atoms with Gasteiger partial charge in [-0.05, 0) is 45.2 Å². The average Bonchev–Trinajstić information content (AvgIpc) is 2.48. The molecule has 1 unspecified atom stereocenters. The van der Waals surface area contributed by atoms with E-state index in [9.17, 15) is 0 Å². The highest BCUT2D eigenvalue weighted by molar-refractivity contribution is 5.12. The van der Waals surface area contributed by atoms with Gasteiger partial charge in [0.25, 0.3) is 0 Å². The molecule has 2 heterocycles. The molecule has 0 saturated carbocycles. The summed E-state index contributed by atoms with van der Waals surface area (Å²) in [6.45, 7) is 14.5. The first-order chi connectivity index (χ1) is 9.97. The Labute approximate surface area is 130 Å². The first kappa shape index (κ1) is 16.4. The van der Waals surface area contributed by atoms with Gasteiger partial charge in [0.05, 0.1) is 5.69 Å². The van der Waals surface area contributed by atoms with E-state index < -0.39 is 0 Å². The van der Waals surface area contributed by atoms with E-state index in [-0.39, 0.29) is 11.1 Å². The number of rotatable bonds is 5. The molecule has 1 aliphatic rings. The first-order valence-corrected chi connectivity index (χ1v) is 8.39. The van der Waals surface area contributed by atoms with Crippen LogP contribution in [0, 0.1) is 6.92 Å². The summed E-state index contributed by atoms with van der Waals surface area (Å²) in [5.74, 6) is 0. The van der Waals surface area contributed by atoms with Crippen LogP contribution in [-0.2, 0) is 6.54 Å². The quantitative estimate of drug-likeness (QED) is 0.899. The molecule has 1 aromatic heterocycles. The monoisotopic (exact) mass is 289 g/mol. The molecule has 1 fully saturated rings. The number of hydrogen-bond acceptors (Lipinski definition) is 3. The normalized spacial score (nSPS) is 26.0. The van der Waals surface area contributed by atoms with Crippen molar-refractivity contribution in [2.75, 3.05) is 13.1 Å². The minimum atomic E-state index is 0.220. The van der Waals surface area contributed by atoms with Crippen molar-refractivity contribution in [1.29, 1.82) is 0 Å². The summed E-state index contributed by atoms with van der Waals surface area (Å²) in [7, 11) is 0. The summed E-state index contributed by atoms with van der Waals surface area (Å²) >= 11 is 0. The smallest absolute Gasteiger partial charge is 0.0547 e. The molecule has 1 N–H and O–H groups in total. The zero-order valence-electron chi connectivity index (χ0n) is 14.4. The van der Waals surface area contributed by atoms with Crippen LogP contribution in [0.15, 0.2) is 18.2 Å². The molecule has 21 heavy (non-hydrogen) atoms. The SMILES string of the molecule is CCC1(C)CN(Cc2cccc(C)n2)C(CC)(CC)CN1. The van der Waals surface area contributed by atoms with Crippen molar-refractivity contribution in [3.05, 3.63) is 29.6 Å². The molecule has 3 nitrogen and oxygen atoms in total. The number of aryl methyl sites for hydroxylation is 1. The maximum atomic E-state index is 4.71. The molecule has 1 saturated heterocycles. The number of pyridine rings is 1. The predicted molar refractivity (Wildman–Crippen MR) is 89.4 cm³/mol. The maximum absolute atomic E-state index is 4.71. The van der Waals surface area contributed by atoms with Gasteiger partial charge in [-0.2, -0.15) is 0 Å². The molecule has 0 spiro atoms. The van der Waals surface area contributed by atoms with Crippen LogP contribution >= 0.6 is 0 Å².